The number of thiocarbonyl (C=S) groups is 1. The molecule has 0 radical (unpaired) electrons. The average Bonchev–Trinajstić information content (AvgIpc) is 3.19. The smallest absolute Gasteiger partial charge is 0.244 e. The molecule has 0 spiro atoms. The first-order valence-corrected chi connectivity index (χ1v) is 10.2. The Hall–Kier alpha value is -3.36. The fourth-order valence-electron chi connectivity index (χ4n) is 2.96. The quantitative estimate of drug-likeness (QED) is 0.237. The van der Waals surface area contributed by atoms with Crippen LogP contribution >= 0.6 is 12.2 Å². The molecule has 2 aromatic carbocycles. The number of carbonyl (C=O) groups is 1. The second kappa shape index (κ2) is 10.1. The van der Waals surface area contributed by atoms with Gasteiger partial charge in [-0.25, -0.2) is 0 Å². The van der Waals surface area contributed by atoms with Gasteiger partial charge in [-0.15, -0.1) is 0 Å². The number of rotatable bonds is 8. The molecule has 3 aromatic rings. The van der Waals surface area contributed by atoms with Crippen LogP contribution in [0.3, 0.4) is 0 Å². The van der Waals surface area contributed by atoms with Crippen molar-refractivity contribution in [1.29, 1.82) is 0 Å². The lowest BCUT2D eigenvalue weighted by Crippen LogP contribution is -2.37. The molecular formula is C23H24N2O5S. The molecule has 4 N–H and O–H groups in total. The normalized spacial score (nSPS) is 12.4. The average molecular weight is 441 g/mol. The lowest BCUT2D eigenvalue weighted by Gasteiger charge is -2.17. The van der Waals surface area contributed by atoms with Gasteiger partial charge in [0.05, 0.1) is 6.04 Å². The summed E-state index contributed by atoms with van der Waals surface area (Å²) < 4.78 is 11.5. The van der Waals surface area contributed by atoms with Gasteiger partial charge in [0.2, 0.25) is 5.91 Å². The molecule has 0 saturated heterocycles. The number of furan rings is 1. The van der Waals surface area contributed by atoms with E-state index in [1.54, 1.807) is 55.5 Å². The fourth-order valence-corrected chi connectivity index (χ4v) is 3.10. The van der Waals surface area contributed by atoms with Crippen LogP contribution in [0.1, 0.15) is 31.6 Å². The highest BCUT2D eigenvalue weighted by Gasteiger charge is 2.12. The van der Waals surface area contributed by atoms with Crippen molar-refractivity contribution in [3.8, 4) is 11.5 Å². The number of allylic oxidation sites excluding steroid dienone is 1. The zero-order valence-corrected chi connectivity index (χ0v) is 18.0. The molecule has 1 aromatic heterocycles. The number of phenols is 1. The molecule has 0 saturated carbocycles. The molecular weight excluding hydrogens is 416 g/mol. The second-order valence-electron chi connectivity index (χ2n) is 7.05. The first kappa shape index (κ1) is 22.3. The number of aromatic hydroxyl groups is 1. The van der Waals surface area contributed by atoms with E-state index in [0.717, 1.165) is 5.39 Å². The fraction of sp³-hybridized carbons (Fsp3) is 0.217. The maximum Gasteiger partial charge on any atom is 0.244 e. The number of fused-ring (bicyclic) bond motifs is 1. The van der Waals surface area contributed by atoms with Gasteiger partial charge in [0.1, 0.15) is 34.4 Å². The molecule has 1 heterocycles. The van der Waals surface area contributed by atoms with Gasteiger partial charge < -0.3 is 19.6 Å². The number of ether oxygens (including phenoxy) is 1. The first-order valence-electron chi connectivity index (χ1n) is 9.78. The van der Waals surface area contributed by atoms with Crippen molar-refractivity contribution in [3.63, 3.8) is 0 Å². The van der Waals surface area contributed by atoms with E-state index >= 15 is 0 Å². The van der Waals surface area contributed by atoms with Gasteiger partial charge in [-0.05, 0) is 67.4 Å². The lowest BCUT2D eigenvalue weighted by molar-refractivity contribution is -0.117. The molecule has 8 heteroatoms. The standard InChI is InChI=1S/C23H24N2O5S/c1-3-17(13-29-19-7-4-15(5-8-19)23(31)25-28)24-22(27)10-14(2)21-12-16-11-18(26)6-9-20(16)30-21/h4-12,17,26,28H,3,13H2,1-2H3,(H,24,27)(H,25,31)/t17-/m0/s1. The highest BCUT2D eigenvalue weighted by molar-refractivity contribution is 7.80. The summed E-state index contributed by atoms with van der Waals surface area (Å²) in [6, 6.07) is 13.4. The topological polar surface area (TPSA) is 104 Å². The predicted molar refractivity (Wildman–Crippen MR) is 122 cm³/mol. The summed E-state index contributed by atoms with van der Waals surface area (Å²) in [5.41, 5.74) is 3.93. The third-order valence-electron chi connectivity index (χ3n) is 4.74. The van der Waals surface area contributed by atoms with Gasteiger partial charge in [0.15, 0.2) is 0 Å². The predicted octanol–water partition coefficient (Wildman–Crippen LogP) is 4.17. The van der Waals surface area contributed by atoms with Crippen LogP contribution in [-0.4, -0.2) is 33.9 Å². The van der Waals surface area contributed by atoms with E-state index in [1.165, 1.54) is 6.08 Å². The Morgan fingerprint density at radius 3 is 2.65 bits per heavy atom. The summed E-state index contributed by atoms with van der Waals surface area (Å²) in [6.07, 6.45) is 2.18. The maximum absolute atomic E-state index is 12.5. The Morgan fingerprint density at radius 2 is 1.97 bits per heavy atom. The first-order chi connectivity index (χ1) is 14.9. The van der Waals surface area contributed by atoms with E-state index in [4.69, 9.17) is 26.6 Å². The summed E-state index contributed by atoms with van der Waals surface area (Å²) in [7, 11) is 0. The van der Waals surface area contributed by atoms with E-state index in [2.05, 4.69) is 5.32 Å². The minimum Gasteiger partial charge on any atom is -0.508 e. The summed E-state index contributed by atoms with van der Waals surface area (Å²) >= 11 is 4.96. The molecule has 0 fully saturated rings. The zero-order valence-electron chi connectivity index (χ0n) is 17.2. The number of hydrogen-bond acceptors (Lipinski definition) is 6. The van der Waals surface area contributed by atoms with E-state index in [-0.39, 0.29) is 22.7 Å². The highest BCUT2D eigenvalue weighted by Crippen LogP contribution is 2.27. The highest BCUT2D eigenvalue weighted by atomic mass is 32.1. The molecule has 0 unspecified atom stereocenters. The van der Waals surface area contributed by atoms with E-state index in [9.17, 15) is 9.90 Å². The van der Waals surface area contributed by atoms with Crippen LogP contribution in [-0.2, 0) is 4.79 Å². The maximum atomic E-state index is 12.5. The third-order valence-corrected chi connectivity index (χ3v) is 5.07. The number of phenolic OH excluding ortho intramolecular Hbond substituents is 1. The molecule has 31 heavy (non-hydrogen) atoms. The van der Waals surface area contributed by atoms with Gasteiger partial charge in [-0.3, -0.25) is 15.5 Å². The van der Waals surface area contributed by atoms with Crippen LogP contribution in [0.15, 0.2) is 59.0 Å². The molecule has 3 rings (SSSR count). The molecule has 0 bridgehead atoms. The third kappa shape index (κ3) is 5.84. The van der Waals surface area contributed by atoms with Crippen molar-refractivity contribution < 1.29 is 24.3 Å². The van der Waals surface area contributed by atoms with E-state index < -0.39 is 0 Å². The van der Waals surface area contributed by atoms with Crippen LogP contribution in [0.2, 0.25) is 0 Å². The molecule has 0 aliphatic heterocycles. The van der Waals surface area contributed by atoms with Gasteiger partial charge in [-0.1, -0.05) is 19.1 Å². The summed E-state index contributed by atoms with van der Waals surface area (Å²) in [5.74, 6) is 1.11. The van der Waals surface area contributed by atoms with Crippen LogP contribution in [0.25, 0.3) is 16.5 Å². The van der Waals surface area contributed by atoms with Gasteiger partial charge in [0.25, 0.3) is 0 Å². The van der Waals surface area contributed by atoms with E-state index in [1.807, 2.05) is 12.4 Å². The summed E-state index contributed by atoms with van der Waals surface area (Å²) in [6.45, 7) is 4.06. The molecule has 162 valence electrons. The Bertz CT molecular complexity index is 1100. The second-order valence-corrected chi connectivity index (χ2v) is 7.46. The Kier molecular flexibility index (Phi) is 7.28. The zero-order chi connectivity index (χ0) is 22.4. The van der Waals surface area contributed by atoms with Crippen molar-refractivity contribution >= 4 is 39.7 Å². The van der Waals surface area contributed by atoms with Gasteiger partial charge in [-0.2, -0.15) is 0 Å². The summed E-state index contributed by atoms with van der Waals surface area (Å²) in [4.78, 5) is 12.7. The van der Waals surface area contributed by atoms with Crippen LogP contribution < -0.4 is 15.5 Å². The van der Waals surface area contributed by atoms with Crippen molar-refractivity contribution in [1.82, 2.24) is 10.8 Å². The number of nitrogens with one attached hydrogen (secondary N) is 2. The number of amides is 1. The molecule has 0 aliphatic carbocycles. The van der Waals surface area contributed by atoms with E-state index in [0.29, 0.717) is 41.3 Å². The number of hydroxylamine groups is 1. The minimum atomic E-state index is -0.244. The van der Waals surface area contributed by atoms with Crippen LogP contribution in [0.4, 0.5) is 0 Å². The Labute approximate surface area is 185 Å². The number of benzene rings is 2. The van der Waals surface area contributed by atoms with Crippen molar-refractivity contribution in [2.24, 2.45) is 0 Å². The van der Waals surface area contributed by atoms with Gasteiger partial charge >= 0.3 is 0 Å². The molecule has 7 nitrogen and oxygen atoms in total. The molecule has 1 atom stereocenters. The van der Waals surface area contributed by atoms with Crippen LogP contribution in [0, 0.1) is 0 Å². The van der Waals surface area contributed by atoms with Gasteiger partial charge in [0, 0.05) is 17.0 Å². The Morgan fingerprint density at radius 1 is 1.23 bits per heavy atom. The van der Waals surface area contributed by atoms with Crippen molar-refractivity contribution in [2.45, 2.75) is 26.3 Å². The van der Waals surface area contributed by atoms with Crippen molar-refractivity contribution in [2.75, 3.05) is 6.61 Å². The summed E-state index contributed by atoms with van der Waals surface area (Å²) in [5, 5.41) is 22.1. The lowest BCUT2D eigenvalue weighted by atomic mass is 10.1. The SMILES string of the molecule is CC[C@@H](COc1ccc(C(=S)NO)cc1)NC(=O)C=C(C)c1cc2cc(O)ccc2o1. The number of carbonyl (C=O) groups excluding carboxylic acids is 1. The largest absolute Gasteiger partial charge is 0.508 e. The number of hydrogen-bond donors (Lipinski definition) is 4. The monoisotopic (exact) mass is 440 g/mol. The Balaban J connectivity index is 1.58. The molecule has 0 aliphatic rings. The van der Waals surface area contributed by atoms with Crippen molar-refractivity contribution in [3.05, 3.63) is 65.9 Å². The molecule has 1 amide bonds. The minimum absolute atomic E-state index is 0.160. The van der Waals surface area contributed by atoms with Crippen LogP contribution in [0.5, 0.6) is 11.5 Å².